The summed E-state index contributed by atoms with van der Waals surface area (Å²) in [7, 11) is -3.81. The van der Waals surface area contributed by atoms with Gasteiger partial charge in [-0.15, -0.1) is 0 Å². The van der Waals surface area contributed by atoms with Crippen LogP contribution in [0, 0.1) is 5.82 Å². The Hall–Kier alpha value is -1.96. The first-order valence-corrected chi connectivity index (χ1v) is 10.0. The fourth-order valence-electron chi connectivity index (χ4n) is 2.99. The van der Waals surface area contributed by atoms with Gasteiger partial charge in [0.25, 0.3) is 0 Å². The molecule has 0 aromatic heterocycles. The predicted molar refractivity (Wildman–Crippen MR) is 98.0 cm³/mol. The van der Waals surface area contributed by atoms with Gasteiger partial charge in [0.1, 0.15) is 11.9 Å². The van der Waals surface area contributed by atoms with Crippen molar-refractivity contribution in [2.45, 2.75) is 30.2 Å². The molecule has 1 atom stereocenters. The van der Waals surface area contributed by atoms with E-state index in [2.05, 4.69) is 5.32 Å². The number of carbonyl (C=O) groups excluding carboxylic acids is 1. The van der Waals surface area contributed by atoms with Crippen LogP contribution in [-0.2, 0) is 14.8 Å². The van der Waals surface area contributed by atoms with Gasteiger partial charge in [0, 0.05) is 11.6 Å². The standard InChI is InChI=1S/C18H18ClFN2O3S/c19-13-9-10-16(15(20)12-13)21-18(23)17-8-4-5-11-22(17)26(24,25)14-6-2-1-3-7-14/h1-3,6-7,9-10,12,17H,4-5,8,11H2,(H,21,23)/t17-/m1/s1. The lowest BCUT2D eigenvalue weighted by atomic mass is 10.0. The van der Waals surface area contributed by atoms with Crippen LogP contribution in [0.5, 0.6) is 0 Å². The Bertz CT molecular complexity index is 906. The van der Waals surface area contributed by atoms with Crippen molar-refractivity contribution >= 4 is 33.2 Å². The van der Waals surface area contributed by atoms with E-state index in [0.29, 0.717) is 12.8 Å². The van der Waals surface area contributed by atoms with E-state index in [1.54, 1.807) is 18.2 Å². The van der Waals surface area contributed by atoms with E-state index < -0.39 is 27.8 Å². The molecule has 2 aromatic carbocycles. The third-order valence-corrected chi connectivity index (χ3v) is 6.45. The van der Waals surface area contributed by atoms with Crippen LogP contribution in [0.3, 0.4) is 0 Å². The van der Waals surface area contributed by atoms with Gasteiger partial charge >= 0.3 is 0 Å². The average molecular weight is 397 g/mol. The van der Waals surface area contributed by atoms with E-state index in [1.165, 1.54) is 28.6 Å². The zero-order valence-electron chi connectivity index (χ0n) is 13.9. The first-order valence-electron chi connectivity index (χ1n) is 8.22. The third-order valence-electron chi connectivity index (χ3n) is 4.30. The molecule has 0 bridgehead atoms. The largest absolute Gasteiger partial charge is 0.322 e. The van der Waals surface area contributed by atoms with Crippen LogP contribution in [0.2, 0.25) is 5.02 Å². The highest BCUT2D eigenvalue weighted by Gasteiger charge is 2.37. The molecule has 1 saturated heterocycles. The SMILES string of the molecule is O=C(Nc1ccc(Cl)cc1F)[C@H]1CCCCN1S(=O)(=O)c1ccccc1. The second-order valence-electron chi connectivity index (χ2n) is 6.05. The molecule has 1 heterocycles. The van der Waals surface area contributed by atoms with Crippen molar-refractivity contribution in [3.63, 3.8) is 0 Å². The molecule has 2 aromatic rings. The number of benzene rings is 2. The average Bonchev–Trinajstić information content (AvgIpc) is 2.64. The fraction of sp³-hybridized carbons (Fsp3) is 0.278. The number of hydrogen-bond donors (Lipinski definition) is 1. The van der Waals surface area contributed by atoms with Gasteiger partial charge in [-0.1, -0.05) is 36.2 Å². The van der Waals surface area contributed by atoms with Gasteiger partial charge in [-0.3, -0.25) is 4.79 Å². The Labute approximate surface area is 156 Å². The van der Waals surface area contributed by atoms with E-state index in [0.717, 1.165) is 12.5 Å². The second-order valence-corrected chi connectivity index (χ2v) is 8.38. The minimum absolute atomic E-state index is 0.0259. The van der Waals surface area contributed by atoms with Crippen molar-refractivity contribution in [3.8, 4) is 0 Å². The van der Waals surface area contributed by atoms with Crippen LogP contribution in [0.25, 0.3) is 0 Å². The molecule has 138 valence electrons. The van der Waals surface area contributed by atoms with E-state index in [9.17, 15) is 17.6 Å². The summed E-state index contributed by atoms with van der Waals surface area (Å²) in [4.78, 5) is 12.8. The zero-order chi connectivity index (χ0) is 18.7. The molecule has 26 heavy (non-hydrogen) atoms. The van der Waals surface area contributed by atoms with Crippen LogP contribution >= 0.6 is 11.6 Å². The van der Waals surface area contributed by atoms with Crippen LogP contribution in [0.1, 0.15) is 19.3 Å². The fourth-order valence-corrected chi connectivity index (χ4v) is 4.83. The van der Waals surface area contributed by atoms with Crippen LogP contribution < -0.4 is 5.32 Å². The molecule has 3 rings (SSSR count). The Kier molecular flexibility index (Phi) is 5.60. The number of anilines is 1. The number of nitrogens with zero attached hydrogens (tertiary/aromatic N) is 1. The molecule has 5 nitrogen and oxygen atoms in total. The highest BCUT2D eigenvalue weighted by molar-refractivity contribution is 7.89. The maximum Gasteiger partial charge on any atom is 0.243 e. The number of amides is 1. The lowest BCUT2D eigenvalue weighted by Crippen LogP contribution is -2.49. The van der Waals surface area contributed by atoms with E-state index >= 15 is 0 Å². The summed E-state index contributed by atoms with van der Waals surface area (Å²) in [6.45, 7) is 0.248. The van der Waals surface area contributed by atoms with E-state index in [1.807, 2.05) is 0 Å². The molecule has 0 spiro atoms. The molecule has 0 unspecified atom stereocenters. The molecular weight excluding hydrogens is 379 g/mol. The molecule has 1 amide bonds. The van der Waals surface area contributed by atoms with E-state index in [4.69, 9.17) is 11.6 Å². The summed E-state index contributed by atoms with van der Waals surface area (Å²) in [6.07, 6.45) is 1.78. The number of carbonyl (C=O) groups is 1. The monoisotopic (exact) mass is 396 g/mol. The summed E-state index contributed by atoms with van der Waals surface area (Å²) in [5, 5.41) is 2.70. The molecule has 8 heteroatoms. The van der Waals surface area contributed by atoms with Crippen molar-refractivity contribution in [2.24, 2.45) is 0 Å². The molecular formula is C18H18ClFN2O3S. The van der Waals surface area contributed by atoms with Gasteiger partial charge < -0.3 is 5.32 Å². The van der Waals surface area contributed by atoms with Crippen LogP contribution in [-0.4, -0.2) is 31.2 Å². The van der Waals surface area contributed by atoms with Gasteiger partial charge in [-0.25, -0.2) is 12.8 Å². The Morgan fingerprint density at radius 1 is 1.15 bits per heavy atom. The van der Waals surface area contributed by atoms with E-state index in [-0.39, 0.29) is 22.2 Å². The van der Waals surface area contributed by atoms with Crippen molar-refractivity contribution in [1.82, 2.24) is 4.31 Å². The Morgan fingerprint density at radius 3 is 2.58 bits per heavy atom. The summed E-state index contributed by atoms with van der Waals surface area (Å²) in [6, 6.07) is 11.0. The number of halogens is 2. The number of nitrogens with one attached hydrogen (secondary N) is 1. The Morgan fingerprint density at radius 2 is 1.88 bits per heavy atom. The number of sulfonamides is 1. The summed E-state index contributed by atoms with van der Waals surface area (Å²) >= 11 is 5.71. The minimum atomic E-state index is -3.81. The van der Waals surface area contributed by atoms with Gasteiger partial charge in [0.15, 0.2) is 0 Å². The predicted octanol–water partition coefficient (Wildman–Crippen LogP) is 3.66. The molecule has 1 aliphatic heterocycles. The van der Waals surface area contributed by atoms with Crippen LogP contribution in [0.15, 0.2) is 53.4 Å². The highest BCUT2D eigenvalue weighted by Crippen LogP contribution is 2.27. The third kappa shape index (κ3) is 3.90. The second kappa shape index (κ2) is 7.73. The highest BCUT2D eigenvalue weighted by atomic mass is 35.5. The first kappa shape index (κ1) is 18.8. The quantitative estimate of drug-likeness (QED) is 0.857. The lowest BCUT2D eigenvalue weighted by molar-refractivity contribution is -0.120. The van der Waals surface area contributed by atoms with Crippen molar-refractivity contribution in [2.75, 3.05) is 11.9 Å². The topological polar surface area (TPSA) is 66.5 Å². The molecule has 0 saturated carbocycles. The maximum atomic E-state index is 13.9. The van der Waals surface area contributed by atoms with Crippen molar-refractivity contribution in [1.29, 1.82) is 0 Å². The molecule has 1 N–H and O–H groups in total. The smallest absolute Gasteiger partial charge is 0.243 e. The molecule has 1 fully saturated rings. The normalized spacial score (nSPS) is 18.5. The van der Waals surface area contributed by atoms with Gasteiger partial charge in [0.2, 0.25) is 15.9 Å². The lowest BCUT2D eigenvalue weighted by Gasteiger charge is -2.33. The summed E-state index contributed by atoms with van der Waals surface area (Å²) in [5.41, 5.74) is -0.0259. The number of piperidine rings is 1. The van der Waals surface area contributed by atoms with Gasteiger partial charge in [0.05, 0.1) is 10.6 Å². The van der Waals surface area contributed by atoms with Gasteiger partial charge in [-0.05, 0) is 43.2 Å². The Balaban J connectivity index is 1.86. The number of rotatable bonds is 4. The van der Waals surface area contributed by atoms with Crippen LogP contribution in [0.4, 0.5) is 10.1 Å². The molecule has 1 aliphatic rings. The number of hydrogen-bond acceptors (Lipinski definition) is 3. The molecule has 0 radical (unpaired) electrons. The van der Waals surface area contributed by atoms with Crippen molar-refractivity contribution in [3.05, 3.63) is 59.4 Å². The summed E-state index contributed by atoms with van der Waals surface area (Å²) in [5.74, 6) is -1.22. The zero-order valence-corrected chi connectivity index (χ0v) is 15.4. The van der Waals surface area contributed by atoms with Crippen molar-refractivity contribution < 1.29 is 17.6 Å². The first-order chi connectivity index (χ1) is 12.4. The molecule has 0 aliphatic carbocycles. The minimum Gasteiger partial charge on any atom is -0.322 e. The van der Waals surface area contributed by atoms with Gasteiger partial charge in [-0.2, -0.15) is 4.31 Å². The summed E-state index contributed by atoms with van der Waals surface area (Å²) < 4.78 is 41.0. The maximum absolute atomic E-state index is 13.9.